The molecule has 0 bridgehead atoms. The van der Waals surface area contributed by atoms with Crippen LogP contribution in [0.15, 0.2) is 4.99 Å². The van der Waals surface area contributed by atoms with E-state index in [1.165, 1.54) is 32.5 Å². The Kier molecular flexibility index (Phi) is 15.4. The highest BCUT2D eigenvalue weighted by molar-refractivity contribution is 14.0. The van der Waals surface area contributed by atoms with E-state index in [9.17, 15) is 0 Å². The van der Waals surface area contributed by atoms with Crippen LogP contribution >= 0.6 is 24.0 Å². The molecule has 6 nitrogen and oxygen atoms in total. The number of piperidine rings is 1. The molecule has 0 amide bonds. The van der Waals surface area contributed by atoms with E-state index in [1.54, 1.807) is 0 Å². The van der Waals surface area contributed by atoms with Crippen molar-refractivity contribution in [2.24, 2.45) is 22.7 Å². The maximum Gasteiger partial charge on any atom is 0.191 e. The van der Waals surface area contributed by atoms with Gasteiger partial charge in [0.2, 0.25) is 0 Å². The lowest BCUT2D eigenvalue weighted by Crippen LogP contribution is -2.41. The summed E-state index contributed by atoms with van der Waals surface area (Å²) in [7, 11) is 0. The lowest BCUT2D eigenvalue weighted by molar-refractivity contribution is 0.0203. The van der Waals surface area contributed by atoms with Crippen molar-refractivity contribution in [3.05, 3.63) is 0 Å². The topological polar surface area (TPSA) is 58.1 Å². The Hall–Kier alpha value is -0.120. The number of halogens is 1. The molecule has 172 valence electrons. The Morgan fingerprint density at radius 3 is 2.69 bits per heavy atom. The zero-order chi connectivity index (χ0) is 20.0. The normalized spacial score (nSPS) is 21.8. The van der Waals surface area contributed by atoms with Crippen molar-refractivity contribution in [1.29, 1.82) is 0 Å². The van der Waals surface area contributed by atoms with Crippen molar-refractivity contribution in [2.75, 3.05) is 65.7 Å². The predicted octanol–water partition coefficient (Wildman–Crippen LogP) is 3.36. The second-order valence-corrected chi connectivity index (χ2v) is 8.79. The fourth-order valence-corrected chi connectivity index (χ4v) is 4.09. The second-order valence-electron chi connectivity index (χ2n) is 8.79. The van der Waals surface area contributed by atoms with Gasteiger partial charge in [0.15, 0.2) is 5.96 Å². The molecule has 7 heteroatoms. The zero-order valence-corrected chi connectivity index (χ0v) is 21.3. The van der Waals surface area contributed by atoms with Crippen LogP contribution in [0.1, 0.15) is 52.9 Å². The predicted molar refractivity (Wildman–Crippen MR) is 132 cm³/mol. The van der Waals surface area contributed by atoms with Crippen molar-refractivity contribution in [1.82, 2.24) is 15.5 Å². The van der Waals surface area contributed by atoms with Gasteiger partial charge in [-0.2, -0.15) is 0 Å². The van der Waals surface area contributed by atoms with Crippen molar-refractivity contribution >= 4 is 29.9 Å². The monoisotopic (exact) mass is 524 g/mol. The van der Waals surface area contributed by atoms with Gasteiger partial charge in [0.25, 0.3) is 0 Å². The van der Waals surface area contributed by atoms with Gasteiger partial charge in [-0.25, -0.2) is 0 Å². The minimum atomic E-state index is 0. The largest absolute Gasteiger partial charge is 0.381 e. The average molecular weight is 525 g/mol. The van der Waals surface area contributed by atoms with Gasteiger partial charge in [-0.05, 0) is 63.3 Å². The Morgan fingerprint density at radius 2 is 1.97 bits per heavy atom. The highest BCUT2D eigenvalue weighted by atomic mass is 127. The first-order valence-corrected chi connectivity index (χ1v) is 11.6. The molecule has 0 radical (unpaired) electrons. The molecular weight excluding hydrogens is 479 g/mol. The van der Waals surface area contributed by atoms with Gasteiger partial charge in [0, 0.05) is 59.2 Å². The van der Waals surface area contributed by atoms with Crippen LogP contribution in [0.4, 0.5) is 0 Å². The molecule has 0 aromatic heterocycles. The van der Waals surface area contributed by atoms with Crippen LogP contribution < -0.4 is 10.6 Å². The number of hydrogen-bond acceptors (Lipinski definition) is 4. The summed E-state index contributed by atoms with van der Waals surface area (Å²) >= 11 is 0. The molecule has 1 unspecified atom stereocenters. The number of likely N-dealkylation sites (tertiary alicyclic amines) is 1. The first-order chi connectivity index (χ1) is 13.7. The summed E-state index contributed by atoms with van der Waals surface area (Å²) < 4.78 is 11.2. The third-order valence-corrected chi connectivity index (χ3v) is 5.53. The van der Waals surface area contributed by atoms with E-state index < -0.39 is 0 Å². The Morgan fingerprint density at radius 1 is 1.17 bits per heavy atom. The number of rotatable bonds is 11. The molecule has 2 heterocycles. The van der Waals surface area contributed by atoms with Gasteiger partial charge in [-0.1, -0.05) is 13.8 Å². The number of aliphatic imine (C=N–C) groups is 1. The molecule has 2 saturated heterocycles. The van der Waals surface area contributed by atoms with E-state index in [-0.39, 0.29) is 24.0 Å². The molecule has 0 aliphatic carbocycles. The number of guanidine groups is 1. The zero-order valence-electron chi connectivity index (χ0n) is 19.0. The number of nitrogens with zero attached hydrogens (tertiary/aromatic N) is 2. The molecule has 0 saturated carbocycles. The lowest BCUT2D eigenvalue weighted by atomic mass is 9.97. The van der Waals surface area contributed by atoms with Gasteiger partial charge in [-0.3, -0.25) is 4.99 Å². The molecule has 2 fully saturated rings. The average Bonchev–Trinajstić information content (AvgIpc) is 2.69. The molecule has 29 heavy (non-hydrogen) atoms. The molecular formula is C22H45IN4O2. The van der Waals surface area contributed by atoms with Gasteiger partial charge in [0.1, 0.15) is 0 Å². The van der Waals surface area contributed by atoms with Crippen LogP contribution in [0.3, 0.4) is 0 Å². The van der Waals surface area contributed by atoms with Crippen LogP contribution in [0.5, 0.6) is 0 Å². The summed E-state index contributed by atoms with van der Waals surface area (Å²) in [5.41, 5.74) is 0. The molecule has 2 rings (SSSR count). The second kappa shape index (κ2) is 16.6. The van der Waals surface area contributed by atoms with Crippen LogP contribution in [0.25, 0.3) is 0 Å². The van der Waals surface area contributed by atoms with Gasteiger partial charge in [0.05, 0.1) is 0 Å². The Labute approximate surface area is 196 Å². The summed E-state index contributed by atoms with van der Waals surface area (Å²) in [4.78, 5) is 7.47. The summed E-state index contributed by atoms with van der Waals surface area (Å²) in [6, 6.07) is 0. The number of nitrogens with one attached hydrogen (secondary N) is 2. The summed E-state index contributed by atoms with van der Waals surface area (Å²) in [5, 5.41) is 6.85. The molecule has 0 aromatic carbocycles. The number of hydrogen-bond donors (Lipinski definition) is 2. The van der Waals surface area contributed by atoms with Crippen molar-refractivity contribution in [2.45, 2.75) is 52.9 Å². The van der Waals surface area contributed by atoms with E-state index in [2.05, 4.69) is 36.3 Å². The first kappa shape index (κ1) is 26.9. The van der Waals surface area contributed by atoms with Gasteiger partial charge in [-0.15, -0.1) is 24.0 Å². The van der Waals surface area contributed by atoms with Crippen LogP contribution in [0, 0.1) is 17.8 Å². The third kappa shape index (κ3) is 12.4. The minimum Gasteiger partial charge on any atom is -0.381 e. The SMILES string of the molecule is CCNC(=NCC1CCCN(CC(C)C)C1)NCCCOCC1CCOCC1.I. The maximum atomic E-state index is 5.85. The van der Waals surface area contributed by atoms with Crippen LogP contribution in [-0.4, -0.2) is 76.6 Å². The molecule has 0 spiro atoms. The van der Waals surface area contributed by atoms with Gasteiger partial charge < -0.3 is 25.0 Å². The van der Waals surface area contributed by atoms with Gasteiger partial charge >= 0.3 is 0 Å². The van der Waals surface area contributed by atoms with E-state index in [4.69, 9.17) is 14.5 Å². The standard InChI is InChI=1S/C22H44N4O2.HI/c1-4-23-22(24-10-6-12-28-18-20-8-13-27-14-9-20)25-15-21-7-5-11-26(17-21)16-19(2)3;/h19-21H,4-18H2,1-3H3,(H2,23,24,25);1H. The smallest absolute Gasteiger partial charge is 0.191 e. The molecule has 1 atom stereocenters. The van der Waals surface area contributed by atoms with E-state index in [1.807, 2.05) is 0 Å². The van der Waals surface area contributed by atoms with E-state index in [0.717, 1.165) is 77.2 Å². The quantitative estimate of drug-likeness (QED) is 0.188. The summed E-state index contributed by atoms with van der Waals surface area (Å²) in [5.74, 6) is 3.07. The van der Waals surface area contributed by atoms with Crippen molar-refractivity contribution < 1.29 is 9.47 Å². The van der Waals surface area contributed by atoms with Crippen molar-refractivity contribution in [3.8, 4) is 0 Å². The van der Waals surface area contributed by atoms with Crippen LogP contribution in [-0.2, 0) is 9.47 Å². The summed E-state index contributed by atoms with van der Waals surface area (Å²) in [6.07, 6.45) is 5.91. The highest BCUT2D eigenvalue weighted by Crippen LogP contribution is 2.18. The van der Waals surface area contributed by atoms with Crippen molar-refractivity contribution in [3.63, 3.8) is 0 Å². The molecule has 2 aliphatic rings. The Balaban J connectivity index is 0.00000420. The number of ether oxygens (including phenoxy) is 2. The van der Waals surface area contributed by atoms with E-state index >= 15 is 0 Å². The van der Waals surface area contributed by atoms with Crippen LogP contribution in [0.2, 0.25) is 0 Å². The fourth-order valence-electron chi connectivity index (χ4n) is 4.09. The molecule has 2 aliphatic heterocycles. The highest BCUT2D eigenvalue weighted by Gasteiger charge is 2.20. The third-order valence-electron chi connectivity index (χ3n) is 5.53. The minimum absolute atomic E-state index is 0. The fraction of sp³-hybridized carbons (Fsp3) is 0.955. The molecule has 2 N–H and O–H groups in total. The lowest BCUT2D eigenvalue weighted by Gasteiger charge is -2.33. The maximum absolute atomic E-state index is 5.85. The molecule has 0 aromatic rings. The Bertz CT molecular complexity index is 431. The van der Waals surface area contributed by atoms with E-state index in [0.29, 0.717) is 11.8 Å². The first-order valence-electron chi connectivity index (χ1n) is 11.6. The summed E-state index contributed by atoms with van der Waals surface area (Å²) in [6.45, 7) is 16.6.